The van der Waals surface area contributed by atoms with E-state index in [1.807, 2.05) is 23.5 Å². The summed E-state index contributed by atoms with van der Waals surface area (Å²) >= 11 is 1.88. The molecule has 0 spiro atoms. The van der Waals surface area contributed by atoms with E-state index in [1.54, 1.807) is 6.20 Å². The molecular weight excluding hydrogens is 506 g/mol. The van der Waals surface area contributed by atoms with Crippen LogP contribution in [-0.4, -0.2) is 9.55 Å². The van der Waals surface area contributed by atoms with E-state index in [1.165, 1.54) is 42.0 Å². The first kappa shape index (κ1) is 22.7. The van der Waals surface area contributed by atoms with E-state index >= 15 is 0 Å². The van der Waals surface area contributed by atoms with Crippen LogP contribution in [0.5, 0.6) is 0 Å². The number of hydrogen-bond donors (Lipinski definition) is 0. The summed E-state index contributed by atoms with van der Waals surface area (Å²) in [6.07, 6.45) is 1.69. The maximum Gasteiger partial charge on any atom is 0.141 e. The molecule has 4 heteroatoms. The van der Waals surface area contributed by atoms with Crippen molar-refractivity contribution in [1.29, 1.82) is 5.26 Å². The molecule has 0 atom stereocenters. The summed E-state index contributed by atoms with van der Waals surface area (Å²) in [6, 6.07) is 45.1. The van der Waals surface area contributed by atoms with Crippen molar-refractivity contribution in [3.8, 4) is 34.0 Å². The van der Waals surface area contributed by atoms with Crippen LogP contribution in [0.1, 0.15) is 5.69 Å². The first-order chi connectivity index (χ1) is 19.8. The lowest BCUT2D eigenvalue weighted by molar-refractivity contribution is 1.18. The van der Waals surface area contributed by atoms with E-state index < -0.39 is 0 Å². The maximum absolute atomic E-state index is 9.29. The summed E-state index contributed by atoms with van der Waals surface area (Å²) in [5.74, 6) is 0. The molecule has 3 heterocycles. The molecule has 0 fully saturated rings. The summed E-state index contributed by atoms with van der Waals surface area (Å²) in [5, 5.41) is 14.5. The second-order valence-electron chi connectivity index (χ2n) is 9.96. The SMILES string of the molecule is N#Cc1cc(-c2cccc(-c3cccc(-n4c5ccccc5c5c6sc7ccccc7c6ccc54)c3)c2)ccn1. The number of rotatable bonds is 3. The van der Waals surface area contributed by atoms with Gasteiger partial charge >= 0.3 is 0 Å². The normalized spacial score (nSPS) is 11.5. The molecule has 0 aliphatic carbocycles. The lowest BCUT2D eigenvalue weighted by Gasteiger charge is -2.11. The molecule has 0 unspecified atom stereocenters. The van der Waals surface area contributed by atoms with Gasteiger partial charge in [0.05, 0.1) is 11.0 Å². The van der Waals surface area contributed by atoms with Gasteiger partial charge in [-0.2, -0.15) is 5.26 Å². The van der Waals surface area contributed by atoms with Crippen LogP contribution in [0, 0.1) is 11.3 Å². The number of para-hydroxylation sites is 1. The molecule has 40 heavy (non-hydrogen) atoms. The summed E-state index contributed by atoms with van der Waals surface area (Å²) in [6.45, 7) is 0. The number of aromatic nitrogens is 2. The summed E-state index contributed by atoms with van der Waals surface area (Å²) in [5.41, 5.74) is 8.28. The Morgan fingerprint density at radius 2 is 1.32 bits per heavy atom. The fraction of sp³-hybridized carbons (Fsp3) is 0. The molecule has 0 N–H and O–H groups in total. The van der Waals surface area contributed by atoms with Gasteiger partial charge in [-0.1, -0.05) is 72.8 Å². The summed E-state index contributed by atoms with van der Waals surface area (Å²) in [4.78, 5) is 4.12. The van der Waals surface area contributed by atoms with Crippen LogP contribution in [0.3, 0.4) is 0 Å². The number of nitrogens with zero attached hydrogens (tertiary/aromatic N) is 3. The molecule has 8 aromatic rings. The van der Waals surface area contributed by atoms with Gasteiger partial charge < -0.3 is 4.57 Å². The van der Waals surface area contributed by atoms with Crippen molar-refractivity contribution in [3.63, 3.8) is 0 Å². The lowest BCUT2D eigenvalue weighted by Crippen LogP contribution is -1.94. The minimum Gasteiger partial charge on any atom is -0.309 e. The van der Waals surface area contributed by atoms with Gasteiger partial charge in [-0.3, -0.25) is 0 Å². The van der Waals surface area contributed by atoms with Crippen molar-refractivity contribution in [3.05, 3.63) is 133 Å². The summed E-state index contributed by atoms with van der Waals surface area (Å²) in [7, 11) is 0. The van der Waals surface area contributed by atoms with E-state index in [4.69, 9.17) is 0 Å². The van der Waals surface area contributed by atoms with E-state index in [0.29, 0.717) is 5.69 Å². The van der Waals surface area contributed by atoms with Crippen LogP contribution in [0.25, 0.3) is 69.9 Å². The van der Waals surface area contributed by atoms with Gasteiger partial charge in [0.1, 0.15) is 11.8 Å². The van der Waals surface area contributed by atoms with E-state index in [-0.39, 0.29) is 0 Å². The molecule has 5 aromatic carbocycles. The number of hydrogen-bond acceptors (Lipinski definition) is 3. The highest BCUT2D eigenvalue weighted by molar-refractivity contribution is 7.26. The van der Waals surface area contributed by atoms with Gasteiger partial charge in [0.2, 0.25) is 0 Å². The molecule has 0 saturated carbocycles. The van der Waals surface area contributed by atoms with Gasteiger partial charge in [0, 0.05) is 42.8 Å². The third kappa shape index (κ3) is 3.46. The monoisotopic (exact) mass is 527 g/mol. The van der Waals surface area contributed by atoms with Crippen molar-refractivity contribution in [1.82, 2.24) is 9.55 Å². The fourth-order valence-corrected chi connectivity index (χ4v) is 7.15. The number of nitriles is 1. The Kier molecular flexibility index (Phi) is 5.06. The predicted molar refractivity (Wildman–Crippen MR) is 167 cm³/mol. The molecule has 3 nitrogen and oxygen atoms in total. The van der Waals surface area contributed by atoms with Crippen LogP contribution in [0.2, 0.25) is 0 Å². The molecule has 0 bridgehead atoms. The van der Waals surface area contributed by atoms with Crippen LogP contribution in [-0.2, 0) is 0 Å². The molecule has 3 aromatic heterocycles. The van der Waals surface area contributed by atoms with Crippen LogP contribution in [0.15, 0.2) is 128 Å². The molecule has 186 valence electrons. The first-order valence-electron chi connectivity index (χ1n) is 13.2. The molecule has 0 aliphatic heterocycles. The van der Waals surface area contributed by atoms with E-state index in [9.17, 15) is 5.26 Å². The highest BCUT2D eigenvalue weighted by Crippen LogP contribution is 2.43. The Bertz CT molecular complexity index is 2300. The van der Waals surface area contributed by atoms with Gasteiger partial charge in [0.25, 0.3) is 0 Å². The van der Waals surface area contributed by atoms with Crippen molar-refractivity contribution >= 4 is 53.3 Å². The minimum absolute atomic E-state index is 0.420. The van der Waals surface area contributed by atoms with Gasteiger partial charge in [-0.25, -0.2) is 4.98 Å². The topological polar surface area (TPSA) is 41.6 Å². The standard InChI is InChI=1S/C36H21N3S/c37-22-27-20-26(17-18-38-27)24-8-5-7-23(19-24)25-9-6-10-28(21-25)39-32-13-3-1-12-31(32)35-33(39)16-15-30-29-11-2-4-14-34(29)40-36(30)35/h1-21H. The van der Waals surface area contributed by atoms with Crippen LogP contribution in [0.4, 0.5) is 0 Å². The fourth-order valence-electron chi connectivity index (χ4n) is 5.89. The quantitative estimate of drug-likeness (QED) is 0.229. The maximum atomic E-state index is 9.29. The average molecular weight is 528 g/mol. The molecule has 8 rings (SSSR count). The van der Waals surface area contributed by atoms with E-state index in [2.05, 4.69) is 125 Å². The van der Waals surface area contributed by atoms with Crippen LogP contribution >= 0.6 is 11.3 Å². The Balaban J connectivity index is 1.33. The van der Waals surface area contributed by atoms with Crippen molar-refractivity contribution in [2.75, 3.05) is 0 Å². The van der Waals surface area contributed by atoms with Crippen molar-refractivity contribution < 1.29 is 0 Å². The largest absolute Gasteiger partial charge is 0.309 e. The second kappa shape index (κ2) is 8.91. The Hall–Kier alpha value is -5.24. The van der Waals surface area contributed by atoms with Gasteiger partial charge in [-0.05, 0) is 70.8 Å². The number of fused-ring (bicyclic) bond motifs is 7. The Morgan fingerprint density at radius 1 is 0.600 bits per heavy atom. The van der Waals surface area contributed by atoms with Gasteiger partial charge in [-0.15, -0.1) is 11.3 Å². The smallest absolute Gasteiger partial charge is 0.141 e. The minimum atomic E-state index is 0.420. The molecular formula is C36H21N3S. The second-order valence-corrected chi connectivity index (χ2v) is 11.0. The highest BCUT2D eigenvalue weighted by atomic mass is 32.1. The number of thiophene rings is 1. The predicted octanol–water partition coefficient (Wildman–Crippen LogP) is 9.75. The molecule has 0 aliphatic rings. The molecule has 0 amide bonds. The Labute approximate surface area is 234 Å². The van der Waals surface area contributed by atoms with Gasteiger partial charge in [0.15, 0.2) is 0 Å². The first-order valence-corrected chi connectivity index (χ1v) is 14.0. The zero-order chi connectivity index (χ0) is 26.6. The van der Waals surface area contributed by atoms with E-state index in [0.717, 1.165) is 27.9 Å². The lowest BCUT2D eigenvalue weighted by atomic mass is 9.99. The third-order valence-corrected chi connectivity index (χ3v) is 8.89. The molecule has 0 saturated heterocycles. The van der Waals surface area contributed by atoms with Crippen molar-refractivity contribution in [2.24, 2.45) is 0 Å². The Morgan fingerprint density at radius 3 is 2.17 bits per heavy atom. The highest BCUT2D eigenvalue weighted by Gasteiger charge is 2.17. The number of pyridine rings is 1. The summed E-state index contributed by atoms with van der Waals surface area (Å²) < 4.78 is 5.05. The average Bonchev–Trinajstić information content (AvgIpc) is 3.57. The zero-order valence-corrected chi connectivity index (χ0v) is 22.2. The molecule has 0 radical (unpaired) electrons. The zero-order valence-electron chi connectivity index (χ0n) is 21.4. The third-order valence-electron chi connectivity index (χ3n) is 7.69. The van der Waals surface area contributed by atoms with Crippen LogP contribution < -0.4 is 0 Å². The number of benzene rings is 5. The van der Waals surface area contributed by atoms with Crippen molar-refractivity contribution in [2.45, 2.75) is 0 Å².